The normalized spacial score (nSPS) is 10.4. The van der Waals surface area contributed by atoms with Gasteiger partial charge in [-0.3, -0.25) is 4.79 Å². The van der Waals surface area contributed by atoms with E-state index in [0.717, 1.165) is 24.2 Å². The molecule has 5 nitrogen and oxygen atoms in total. The van der Waals surface area contributed by atoms with Gasteiger partial charge in [0.2, 0.25) is 5.91 Å². The van der Waals surface area contributed by atoms with Crippen LogP contribution in [-0.4, -0.2) is 26.8 Å². The van der Waals surface area contributed by atoms with Crippen molar-refractivity contribution in [1.29, 1.82) is 0 Å². The quantitative estimate of drug-likeness (QED) is 0.653. The summed E-state index contributed by atoms with van der Waals surface area (Å²) < 4.78 is 1.62. The number of hydrogen-bond donors (Lipinski definition) is 1. The van der Waals surface area contributed by atoms with Gasteiger partial charge in [0, 0.05) is 12.3 Å². The van der Waals surface area contributed by atoms with Gasteiger partial charge in [-0.25, -0.2) is 4.68 Å². The zero-order chi connectivity index (χ0) is 13.5. The third-order valence-corrected chi connectivity index (χ3v) is 2.90. The maximum absolute atomic E-state index is 11.8. The van der Waals surface area contributed by atoms with Crippen LogP contribution in [0.3, 0.4) is 0 Å². The number of aromatic nitrogens is 3. The molecule has 0 aliphatic rings. The van der Waals surface area contributed by atoms with Crippen LogP contribution >= 0.6 is 11.6 Å². The second-order valence-electron chi connectivity index (χ2n) is 4.06. The standard InChI is InChI=1S/C13H15ClN4O/c14-8-4-3-7-13(19)16-11-5-1-2-6-12(11)18-10-9-15-17-18/h1-2,5-6,9-10H,3-4,7-8H2,(H,16,19). The Bertz CT molecular complexity index is 527. The molecular formula is C13H15ClN4O. The van der Waals surface area contributed by atoms with E-state index >= 15 is 0 Å². The van der Waals surface area contributed by atoms with Crippen LogP contribution in [0.25, 0.3) is 5.69 Å². The largest absolute Gasteiger partial charge is 0.324 e. The van der Waals surface area contributed by atoms with Crippen molar-refractivity contribution in [1.82, 2.24) is 15.0 Å². The number of unbranched alkanes of at least 4 members (excludes halogenated alkanes) is 1. The average molecular weight is 279 g/mol. The monoisotopic (exact) mass is 278 g/mol. The van der Waals surface area contributed by atoms with Crippen LogP contribution < -0.4 is 5.32 Å². The fourth-order valence-electron chi connectivity index (χ4n) is 1.71. The number of amides is 1. The van der Waals surface area contributed by atoms with E-state index in [1.807, 2.05) is 24.3 Å². The highest BCUT2D eigenvalue weighted by atomic mass is 35.5. The zero-order valence-corrected chi connectivity index (χ0v) is 11.2. The molecule has 1 aromatic heterocycles. The summed E-state index contributed by atoms with van der Waals surface area (Å²) in [6, 6.07) is 7.48. The Labute approximate surface area is 116 Å². The highest BCUT2D eigenvalue weighted by molar-refractivity contribution is 6.17. The second kappa shape index (κ2) is 6.89. The van der Waals surface area contributed by atoms with E-state index in [1.165, 1.54) is 0 Å². The predicted octanol–water partition coefficient (Wildman–Crippen LogP) is 2.61. The number of rotatable bonds is 6. The van der Waals surface area contributed by atoms with Crippen LogP contribution in [0.1, 0.15) is 19.3 Å². The smallest absolute Gasteiger partial charge is 0.224 e. The third-order valence-electron chi connectivity index (χ3n) is 2.63. The fraction of sp³-hybridized carbons (Fsp3) is 0.308. The Balaban J connectivity index is 2.06. The lowest BCUT2D eigenvalue weighted by Gasteiger charge is -2.10. The third kappa shape index (κ3) is 3.79. The van der Waals surface area contributed by atoms with Gasteiger partial charge in [0.25, 0.3) is 0 Å². The summed E-state index contributed by atoms with van der Waals surface area (Å²) in [6.07, 6.45) is 5.44. The van der Waals surface area contributed by atoms with E-state index < -0.39 is 0 Å². The fourth-order valence-corrected chi connectivity index (χ4v) is 1.90. The Morgan fingerprint density at radius 3 is 2.89 bits per heavy atom. The summed E-state index contributed by atoms with van der Waals surface area (Å²) in [4.78, 5) is 11.8. The Morgan fingerprint density at radius 2 is 2.16 bits per heavy atom. The van der Waals surface area contributed by atoms with Crippen LogP contribution in [0.4, 0.5) is 5.69 Å². The van der Waals surface area contributed by atoms with Crippen molar-refractivity contribution in [2.75, 3.05) is 11.2 Å². The topological polar surface area (TPSA) is 59.8 Å². The number of hydrogen-bond acceptors (Lipinski definition) is 3. The Hall–Kier alpha value is -1.88. The lowest BCUT2D eigenvalue weighted by molar-refractivity contribution is -0.116. The minimum atomic E-state index is -0.0160. The highest BCUT2D eigenvalue weighted by Crippen LogP contribution is 2.19. The van der Waals surface area contributed by atoms with Gasteiger partial charge in [-0.1, -0.05) is 17.3 Å². The van der Waals surface area contributed by atoms with E-state index in [9.17, 15) is 4.79 Å². The van der Waals surface area contributed by atoms with Gasteiger partial charge in [0.15, 0.2) is 0 Å². The maximum Gasteiger partial charge on any atom is 0.224 e. The molecule has 0 spiro atoms. The molecule has 19 heavy (non-hydrogen) atoms. The van der Waals surface area contributed by atoms with Crippen molar-refractivity contribution < 1.29 is 4.79 Å². The maximum atomic E-state index is 11.8. The van der Waals surface area contributed by atoms with Gasteiger partial charge in [-0.2, -0.15) is 0 Å². The van der Waals surface area contributed by atoms with E-state index in [4.69, 9.17) is 11.6 Å². The first-order chi connectivity index (χ1) is 9.31. The molecule has 6 heteroatoms. The first kappa shape index (κ1) is 13.5. The molecule has 100 valence electrons. The summed E-state index contributed by atoms with van der Waals surface area (Å²) in [6.45, 7) is 0. The molecule has 0 saturated carbocycles. The first-order valence-corrected chi connectivity index (χ1v) is 6.66. The molecule has 0 atom stereocenters. The molecule has 0 aliphatic heterocycles. The summed E-state index contributed by atoms with van der Waals surface area (Å²) in [5.41, 5.74) is 1.52. The van der Waals surface area contributed by atoms with E-state index in [-0.39, 0.29) is 5.91 Å². The van der Waals surface area contributed by atoms with Crippen molar-refractivity contribution >= 4 is 23.2 Å². The number of carbonyl (C=O) groups is 1. The number of anilines is 1. The summed E-state index contributed by atoms with van der Waals surface area (Å²) >= 11 is 5.59. The number of halogens is 1. The molecule has 1 aromatic carbocycles. The number of alkyl halides is 1. The van der Waals surface area contributed by atoms with Crippen LogP contribution in [-0.2, 0) is 4.79 Å². The lowest BCUT2D eigenvalue weighted by atomic mass is 10.2. The summed E-state index contributed by atoms with van der Waals surface area (Å²) in [5.74, 6) is 0.570. The van der Waals surface area contributed by atoms with Crippen LogP contribution in [0.5, 0.6) is 0 Å². The second-order valence-corrected chi connectivity index (χ2v) is 4.44. The summed E-state index contributed by atoms with van der Waals surface area (Å²) in [5, 5.41) is 10.6. The molecule has 1 amide bonds. The Morgan fingerprint density at radius 1 is 1.32 bits per heavy atom. The van der Waals surface area contributed by atoms with Crippen molar-refractivity contribution in [3.05, 3.63) is 36.7 Å². The lowest BCUT2D eigenvalue weighted by Crippen LogP contribution is -2.13. The van der Waals surface area contributed by atoms with Gasteiger partial charge in [0.1, 0.15) is 0 Å². The molecule has 0 radical (unpaired) electrons. The first-order valence-electron chi connectivity index (χ1n) is 6.13. The molecule has 1 N–H and O–H groups in total. The van der Waals surface area contributed by atoms with Crippen molar-refractivity contribution in [2.45, 2.75) is 19.3 Å². The van der Waals surface area contributed by atoms with Gasteiger partial charge in [0.05, 0.1) is 23.8 Å². The van der Waals surface area contributed by atoms with Crippen molar-refractivity contribution in [3.63, 3.8) is 0 Å². The summed E-state index contributed by atoms with van der Waals surface area (Å²) in [7, 11) is 0. The van der Waals surface area contributed by atoms with E-state index in [0.29, 0.717) is 12.3 Å². The molecule has 1 heterocycles. The molecule has 0 aliphatic carbocycles. The number of para-hydroxylation sites is 2. The number of benzene rings is 1. The van der Waals surface area contributed by atoms with Gasteiger partial charge in [-0.05, 0) is 25.0 Å². The van der Waals surface area contributed by atoms with Crippen molar-refractivity contribution in [2.24, 2.45) is 0 Å². The predicted molar refractivity (Wildman–Crippen MR) is 74.6 cm³/mol. The van der Waals surface area contributed by atoms with E-state index in [1.54, 1.807) is 17.1 Å². The number of nitrogens with zero attached hydrogens (tertiary/aromatic N) is 3. The van der Waals surface area contributed by atoms with Gasteiger partial charge < -0.3 is 5.32 Å². The van der Waals surface area contributed by atoms with Crippen LogP contribution in [0.15, 0.2) is 36.7 Å². The van der Waals surface area contributed by atoms with Crippen molar-refractivity contribution in [3.8, 4) is 5.69 Å². The SMILES string of the molecule is O=C(CCCCCl)Nc1ccccc1-n1ccnn1. The molecule has 0 unspecified atom stereocenters. The van der Waals surface area contributed by atoms with Gasteiger partial charge >= 0.3 is 0 Å². The Kier molecular flexibility index (Phi) is 4.92. The number of carbonyl (C=O) groups excluding carboxylic acids is 1. The minimum absolute atomic E-state index is 0.0160. The molecule has 0 bridgehead atoms. The van der Waals surface area contributed by atoms with E-state index in [2.05, 4.69) is 15.6 Å². The van der Waals surface area contributed by atoms with Gasteiger partial charge in [-0.15, -0.1) is 16.7 Å². The molecule has 0 saturated heterocycles. The van der Waals surface area contributed by atoms with Crippen LogP contribution in [0, 0.1) is 0 Å². The van der Waals surface area contributed by atoms with Crippen LogP contribution in [0.2, 0.25) is 0 Å². The average Bonchev–Trinajstić information content (AvgIpc) is 2.93. The molecular weight excluding hydrogens is 264 g/mol. The zero-order valence-electron chi connectivity index (χ0n) is 10.4. The highest BCUT2D eigenvalue weighted by Gasteiger charge is 2.08. The molecule has 0 fully saturated rings. The number of nitrogens with one attached hydrogen (secondary N) is 1. The molecule has 2 aromatic rings. The minimum Gasteiger partial charge on any atom is -0.324 e. The molecule has 2 rings (SSSR count).